The lowest BCUT2D eigenvalue weighted by molar-refractivity contribution is -0.146. The summed E-state index contributed by atoms with van der Waals surface area (Å²) in [7, 11) is 0. The van der Waals surface area contributed by atoms with Gasteiger partial charge in [0.15, 0.2) is 0 Å². The van der Waals surface area contributed by atoms with Crippen LogP contribution in [0.4, 0.5) is 5.69 Å². The summed E-state index contributed by atoms with van der Waals surface area (Å²) in [5.74, 6) is -1.38. The molecular weight excluding hydrogens is 324 g/mol. The highest BCUT2D eigenvalue weighted by atomic mass is 16.5. The minimum atomic E-state index is -0.898. The van der Waals surface area contributed by atoms with Crippen molar-refractivity contribution < 1.29 is 23.9 Å². The molecule has 1 aromatic carbocycles. The molecule has 0 aliphatic rings. The van der Waals surface area contributed by atoms with Crippen molar-refractivity contribution in [3.63, 3.8) is 0 Å². The SMILES string of the molecule is CCNc1ccc(C(=O)N[C@H](CCC(=O)OCC)C(=O)OCC)cc1. The molecule has 25 heavy (non-hydrogen) atoms. The van der Waals surface area contributed by atoms with Gasteiger partial charge in [0.05, 0.1) is 13.2 Å². The number of benzene rings is 1. The van der Waals surface area contributed by atoms with Crippen molar-refractivity contribution >= 4 is 23.5 Å². The molecule has 7 heteroatoms. The molecule has 1 atom stereocenters. The van der Waals surface area contributed by atoms with E-state index in [1.54, 1.807) is 38.1 Å². The number of hydrogen-bond donors (Lipinski definition) is 2. The van der Waals surface area contributed by atoms with E-state index >= 15 is 0 Å². The van der Waals surface area contributed by atoms with Crippen LogP contribution in [0.25, 0.3) is 0 Å². The summed E-state index contributed by atoms with van der Waals surface area (Å²) in [6.45, 7) is 6.62. The van der Waals surface area contributed by atoms with E-state index in [1.807, 2.05) is 6.92 Å². The van der Waals surface area contributed by atoms with Crippen LogP contribution in [0.5, 0.6) is 0 Å². The van der Waals surface area contributed by atoms with Gasteiger partial charge in [0.25, 0.3) is 5.91 Å². The summed E-state index contributed by atoms with van der Waals surface area (Å²) < 4.78 is 9.82. The van der Waals surface area contributed by atoms with Gasteiger partial charge in [0.1, 0.15) is 6.04 Å². The molecule has 1 aromatic rings. The number of carbonyl (C=O) groups excluding carboxylic acids is 3. The molecular formula is C18H26N2O5. The van der Waals surface area contributed by atoms with E-state index in [2.05, 4.69) is 10.6 Å². The zero-order chi connectivity index (χ0) is 18.7. The molecule has 0 unspecified atom stereocenters. The van der Waals surface area contributed by atoms with Crippen molar-refractivity contribution in [2.75, 3.05) is 25.1 Å². The van der Waals surface area contributed by atoms with Crippen LogP contribution in [-0.4, -0.2) is 43.6 Å². The molecule has 0 saturated heterocycles. The van der Waals surface area contributed by atoms with Crippen LogP contribution < -0.4 is 10.6 Å². The van der Waals surface area contributed by atoms with Gasteiger partial charge in [-0.05, 0) is 51.5 Å². The molecule has 0 saturated carbocycles. The second kappa shape index (κ2) is 11.1. The fourth-order valence-corrected chi connectivity index (χ4v) is 2.17. The normalized spacial score (nSPS) is 11.3. The quantitative estimate of drug-likeness (QED) is 0.628. The highest BCUT2D eigenvalue weighted by Crippen LogP contribution is 2.10. The fraction of sp³-hybridized carbons (Fsp3) is 0.500. The third kappa shape index (κ3) is 7.24. The maximum absolute atomic E-state index is 12.3. The topological polar surface area (TPSA) is 93.7 Å². The zero-order valence-corrected chi connectivity index (χ0v) is 15.0. The second-order valence-electron chi connectivity index (χ2n) is 5.23. The average molecular weight is 350 g/mol. The number of hydrogen-bond acceptors (Lipinski definition) is 6. The Bertz CT molecular complexity index is 571. The molecule has 1 amide bonds. The van der Waals surface area contributed by atoms with Crippen LogP contribution >= 0.6 is 0 Å². The summed E-state index contributed by atoms with van der Waals surface area (Å²) in [5, 5.41) is 5.76. The van der Waals surface area contributed by atoms with Gasteiger partial charge in [0.2, 0.25) is 0 Å². The predicted octanol–water partition coefficient (Wildman–Crippen LogP) is 2.12. The minimum absolute atomic E-state index is 0.0248. The number of ether oxygens (including phenoxy) is 2. The van der Waals surface area contributed by atoms with Crippen molar-refractivity contribution in [3.05, 3.63) is 29.8 Å². The van der Waals surface area contributed by atoms with E-state index in [0.717, 1.165) is 12.2 Å². The van der Waals surface area contributed by atoms with Crippen LogP contribution in [0.15, 0.2) is 24.3 Å². The first-order valence-electron chi connectivity index (χ1n) is 8.48. The first-order chi connectivity index (χ1) is 12.0. The number of nitrogens with one attached hydrogen (secondary N) is 2. The standard InChI is InChI=1S/C18H26N2O5/c1-4-19-14-9-7-13(8-10-14)17(22)20-15(18(23)25-6-3)11-12-16(21)24-5-2/h7-10,15,19H,4-6,11-12H2,1-3H3,(H,20,22)/t15-/m1/s1. The highest BCUT2D eigenvalue weighted by Gasteiger charge is 2.23. The average Bonchev–Trinajstić information content (AvgIpc) is 2.59. The van der Waals surface area contributed by atoms with Crippen molar-refractivity contribution in [1.82, 2.24) is 5.32 Å². The number of carbonyl (C=O) groups is 3. The summed E-state index contributed by atoms with van der Waals surface area (Å²) in [6, 6.07) is 6.01. The van der Waals surface area contributed by atoms with Gasteiger partial charge in [-0.3, -0.25) is 9.59 Å². The van der Waals surface area contributed by atoms with Crippen molar-refractivity contribution in [2.45, 2.75) is 39.7 Å². The Balaban J connectivity index is 2.72. The third-order valence-corrected chi connectivity index (χ3v) is 3.35. The van der Waals surface area contributed by atoms with E-state index in [0.29, 0.717) is 5.56 Å². The maximum atomic E-state index is 12.3. The zero-order valence-electron chi connectivity index (χ0n) is 15.0. The van der Waals surface area contributed by atoms with E-state index < -0.39 is 23.9 Å². The third-order valence-electron chi connectivity index (χ3n) is 3.35. The molecule has 7 nitrogen and oxygen atoms in total. The van der Waals surface area contributed by atoms with Crippen molar-refractivity contribution in [3.8, 4) is 0 Å². The van der Waals surface area contributed by atoms with Gasteiger partial charge in [-0.2, -0.15) is 0 Å². The number of amides is 1. The summed E-state index contributed by atoms with van der Waals surface area (Å²) >= 11 is 0. The molecule has 0 spiro atoms. The van der Waals surface area contributed by atoms with E-state index in [1.165, 1.54) is 0 Å². The van der Waals surface area contributed by atoms with Gasteiger partial charge >= 0.3 is 11.9 Å². The number of rotatable bonds is 10. The molecule has 138 valence electrons. The molecule has 0 fully saturated rings. The summed E-state index contributed by atoms with van der Waals surface area (Å²) in [4.78, 5) is 35.9. The van der Waals surface area contributed by atoms with Gasteiger partial charge in [-0.15, -0.1) is 0 Å². The monoisotopic (exact) mass is 350 g/mol. The van der Waals surface area contributed by atoms with Crippen LogP contribution in [0.1, 0.15) is 44.0 Å². The number of anilines is 1. The lowest BCUT2D eigenvalue weighted by Gasteiger charge is -2.17. The van der Waals surface area contributed by atoms with Crippen LogP contribution in [0.3, 0.4) is 0 Å². The second-order valence-corrected chi connectivity index (χ2v) is 5.23. The Morgan fingerprint density at radius 2 is 1.64 bits per heavy atom. The Morgan fingerprint density at radius 3 is 2.20 bits per heavy atom. The molecule has 0 aliphatic heterocycles. The highest BCUT2D eigenvalue weighted by molar-refractivity contribution is 5.97. The Kier molecular flexibility index (Phi) is 9.06. The van der Waals surface area contributed by atoms with Gasteiger partial charge < -0.3 is 20.1 Å². The lowest BCUT2D eigenvalue weighted by atomic mass is 10.1. The fourth-order valence-electron chi connectivity index (χ4n) is 2.17. The van der Waals surface area contributed by atoms with Crippen LogP contribution in [-0.2, 0) is 19.1 Å². The van der Waals surface area contributed by atoms with Crippen molar-refractivity contribution in [1.29, 1.82) is 0 Å². The summed E-state index contributed by atoms with van der Waals surface area (Å²) in [5.41, 5.74) is 1.33. The molecule has 0 radical (unpaired) electrons. The largest absolute Gasteiger partial charge is 0.466 e. The molecule has 2 N–H and O–H groups in total. The molecule has 0 heterocycles. The van der Waals surface area contributed by atoms with E-state index in [-0.39, 0.29) is 26.1 Å². The Hall–Kier alpha value is -2.57. The molecule has 1 rings (SSSR count). The Morgan fingerprint density at radius 1 is 1.00 bits per heavy atom. The first kappa shape index (κ1) is 20.5. The molecule has 0 aromatic heterocycles. The van der Waals surface area contributed by atoms with E-state index in [4.69, 9.17) is 9.47 Å². The first-order valence-corrected chi connectivity index (χ1v) is 8.48. The van der Waals surface area contributed by atoms with Crippen LogP contribution in [0.2, 0.25) is 0 Å². The number of esters is 2. The predicted molar refractivity (Wildman–Crippen MR) is 94.4 cm³/mol. The Labute approximate surface area is 148 Å². The van der Waals surface area contributed by atoms with Gasteiger partial charge in [-0.25, -0.2) is 4.79 Å². The molecule has 0 aliphatic carbocycles. The van der Waals surface area contributed by atoms with Gasteiger partial charge in [-0.1, -0.05) is 0 Å². The molecule has 0 bridgehead atoms. The smallest absolute Gasteiger partial charge is 0.328 e. The maximum Gasteiger partial charge on any atom is 0.328 e. The lowest BCUT2D eigenvalue weighted by Crippen LogP contribution is -2.42. The van der Waals surface area contributed by atoms with Crippen LogP contribution in [0, 0.1) is 0 Å². The minimum Gasteiger partial charge on any atom is -0.466 e. The summed E-state index contributed by atoms with van der Waals surface area (Å²) in [6.07, 6.45) is 0.149. The van der Waals surface area contributed by atoms with Crippen molar-refractivity contribution in [2.24, 2.45) is 0 Å². The van der Waals surface area contributed by atoms with E-state index in [9.17, 15) is 14.4 Å². The van der Waals surface area contributed by atoms with Gasteiger partial charge in [0, 0.05) is 24.2 Å².